The molecule has 0 aromatic carbocycles. The zero-order valence-electron chi connectivity index (χ0n) is 24.2. The van der Waals surface area contributed by atoms with Gasteiger partial charge in [0.05, 0.1) is 17.1 Å². The monoisotopic (exact) mass is 580 g/mol. The Labute approximate surface area is 242 Å². The first-order valence-corrected chi connectivity index (χ1v) is 16.2. The van der Waals surface area contributed by atoms with Gasteiger partial charge in [-0.2, -0.15) is 17.8 Å². The summed E-state index contributed by atoms with van der Waals surface area (Å²) in [5, 5.41) is 6.14. The van der Waals surface area contributed by atoms with E-state index in [9.17, 15) is 13.2 Å². The standard InChI is InChI=1S/C29H40N8O3S/c1-34(2)41(39,40)33-29(38)24-18-23(21-12-13-25(30-19-21)36-16-14-35(3)15-17-36)26-27(20-8-7-9-20)32-37(28(26)31-24)22-10-5-4-6-11-22/h12-13,18-20,22H,4-11,14-17H2,1-3H3,(H,33,38). The Kier molecular flexibility index (Phi) is 7.73. The van der Waals surface area contributed by atoms with Crippen molar-refractivity contribution in [3.8, 4) is 11.1 Å². The average Bonchev–Trinajstić information content (AvgIpc) is 3.31. The highest BCUT2D eigenvalue weighted by Crippen LogP contribution is 2.44. The van der Waals surface area contributed by atoms with Gasteiger partial charge in [-0.1, -0.05) is 25.7 Å². The van der Waals surface area contributed by atoms with Gasteiger partial charge in [0.2, 0.25) is 0 Å². The van der Waals surface area contributed by atoms with Crippen molar-refractivity contribution in [3.05, 3.63) is 35.8 Å². The molecule has 3 aliphatic rings. The molecule has 2 saturated carbocycles. The maximum absolute atomic E-state index is 13.3. The highest BCUT2D eigenvalue weighted by Gasteiger charge is 2.32. The minimum absolute atomic E-state index is 0.0539. The van der Waals surface area contributed by atoms with Gasteiger partial charge in [0, 0.05) is 58.0 Å². The van der Waals surface area contributed by atoms with Crippen molar-refractivity contribution in [2.45, 2.75) is 63.3 Å². The fraction of sp³-hybridized carbons (Fsp3) is 0.586. The normalized spacial score (nSPS) is 19.6. The van der Waals surface area contributed by atoms with Gasteiger partial charge in [-0.3, -0.25) is 4.79 Å². The van der Waals surface area contributed by atoms with Gasteiger partial charge < -0.3 is 9.80 Å². The van der Waals surface area contributed by atoms with Crippen LogP contribution in [0.3, 0.4) is 0 Å². The lowest BCUT2D eigenvalue weighted by Gasteiger charge is -2.33. The van der Waals surface area contributed by atoms with Gasteiger partial charge in [-0.15, -0.1) is 0 Å². The van der Waals surface area contributed by atoms with Crippen molar-refractivity contribution in [1.29, 1.82) is 0 Å². The number of piperazine rings is 1. The number of pyridine rings is 2. The Morgan fingerprint density at radius 2 is 1.73 bits per heavy atom. The molecule has 41 heavy (non-hydrogen) atoms. The van der Waals surface area contributed by atoms with E-state index in [1.165, 1.54) is 26.9 Å². The fourth-order valence-electron chi connectivity index (χ4n) is 6.08. The first kappa shape index (κ1) is 28.0. The molecule has 3 fully saturated rings. The number of nitrogens with zero attached hydrogens (tertiary/aromatic N) is 7. The van der Waals surface area contributed by atoms with Crippen molar-refractivity contribution in [2.75, 3.05) is 52.2 Å². The van der Waals surface area contributed by atoms with Gasteiger partial charge in [0.15, 0.2) is 5.65 Å². The molecule has 3 aromatic heterocycles. The second-order valence-corrected chi connectivity index (χ2v) is 13.8. The van der Waals surface area contributed by atoms with E-state index in [1.54, 1.807) is 6.07 Å². The lowest BCUT2D eigenvalue weighted by Crippen LogP contribution is -2.44. The van der Waals surface area contributed by atoms with E-state index in [0.29, 0.717) is 11.6 Å². The first-order chi connectivity index (χ1) is 19.7. The molecule has 0 radical (unpaired) electrons. The van der Waals surface area contributed by atoms with Crippen LogP contribution in [0.1, 0.15) is 79.5 Å². The minimum atomic E-state index is -3.98. The second-order valence-electron chi connectivity index (χ2n) is 11.9. The van der Waals surface area contributed by atoms with Crippen molar-refractivity contribution < 1.29 is 13.2 Å². The highest BCUT2D eigenvalue weighted by atomic mass is 32.2. The van der Waals surface area contributed by atoms with Crippen molar-refractivity contribution in [1.82, 2.24) is 33.7 Å². The largest absolute Gasteiger partial charge is 0.354 e. The zero-order chi connectivity index (χ0) is 28.7. The summed E-state index contributed by atoms with van der Waals surface area (Å²) in [4.78, 5) is 27.6. The van der Waals surface area contributed by atoms with E-state index in [1.807, 2.05) is 16.9 Å². The fourth-order valence-corrected chi connectivity index (χ4v) is 6.61. The molecule has 1 N–H and O–H groups in total. The van der Waals surface area contributed by atoms with Crippen molar-refractivity contribution >= 4 is 33.0 Å². The number of carbonyl (C=O) groups excluding carboxylic acids is 1. The summed E-state index contributed by atoms with van der Waals surface area (Å²) in [5.74, 6) is 0.527. The third-order valence-electron chi connectivity index (χ3n) is 8.92. The maximum Gasteiger partial charge on any atom is 0.303 e. The molecule has 0 spiro atoms. The summed E-state index contributed by atoms with van der Waals surface area (Å²) in [6.07, 6.45) is 10.7. The summed E-state index contributed by atoms with van der Waals surface area (Å²) >= 11 is 0. The Hall–Kier alpha value is -3.09. The number of anilines is 1. The molecule has 0 unspecified atom stereocenters. The van der Waals surface area contributed by atoms with Gasteiger partial charge in [0.1, 0.15) is 11.5 Å². The van der Waals surface area contributed by atoms with E-state index >= 15 is 0 Å². The zero-order valence-corrected chi connectivity index (χ0v) is 25.0. The number of nitrogens with one attached hydrogen (secondary N) is 1. The summed E-state index contributed by atoms with van der Waals surface area (Å²) in [5.41, 5.74) is 3.44. The molecule has 1 amide bonds. The molecule has 1 aliphatic heterocycles. The molecule has 6 rings (SSSR count). The molecule has 220 valence electrons. The molecule has 12 heteroatoms. The van der Waals surface area contributed by atoms with E-state index in [4.69, 9.17) is 15.1 Å². The van der Waals surface area contributed by atoms with Gasteiger partial charge in [-0.05, 0) is 56.5 Å². The Bertz CT molecular complexity index is 1520. The number of hydrogen-bond acceptors (Lipinski definition) is 8. The number of aromatic nitrogens is 4. The van der Waals surface area contributed by atoms with Crippen LogP contribution in [0.25, 0.3) is 22.2 Å². The average molecular weight is 581 g/mol. The van der Waals surface area contributed by atoms with Crippen LogP contribution < -0.4 is 9.62 Å². The number of likely N-dealkylation sites (N-methyl/N-ethyl adjacent to an activating group) is 1. The van der Waals surface area contributed by atoms with Crippen molar-refractivity contribution in [2.24, 2.45) is 0 Å². The molecule has 11 nitrogen and oxygen atoms in total. The lowest BCUT2D eigenvalue weighted by atomic mass is 9.81. The highest BCUT2D eigenvalue weighted by molar-refractivity contribution is 7.87. The predicted octanol–water partition coefficient (Wildman–Crippen LogP) is 3.55. The van der Waals surface area contributed by atoms with Crippen LogP contribution in [-0.4, -0.2) is 90.6 Å². The van der Waals surface area contributed by atoms with Crippen LogP contribution in [0.5, 0.6) is 0 Å². The van der Waals surface area contributed by atoms with E-state index in [2.05, 4.69) is 27.6 Å². The van der Waals surface area contributed by atoms with E-state index in [0.717, 1.165) is 97.0 Å². The minimum Gasteiger partial charge on any atom is -0.354 e. The molecule has 3 aromatic rings. The van der Waals surface area contributed by atoms with Crippen LogP contribution in [0.2, 0.25) is 0 Å². The third kappa shape index (κ3) is 5.56. The molecular weight excluding hydrogens is 540 g/mol. The third-order valence-corrected chi connectivity index (χ3v) is 10.3. The lowest BCUT2D eigenvalue weighted by molar-refractivity contribution is 0.0975. The van der Waals surface area contributed by atoms with Crippen LogP contribution in [-0.2, 0) is 10.2 Å². The molecule has 1 saturated heterocycles. The number of hydrogen-bond donors (Lipinski definition) is 1. The SMILES string of the molecule is CN1CCN(c2ccc(-c3cc(C(=O)NS(=O)(=O)N(C)C)nc4c3c(C3CCC3)nn4C3CCCCC3)cn2)CC1. The smallest absolute Gasteiger partial charge is 0.303 e. The number of carbonyl (C=O) groups is 1. The first-order valence-electron chi connectivity index (χ1n) is 14.8. The van der Waals surface area contributed by atoms with E-state index < -0.39 is 16.1 Å². The Balaban J connectivity index is 1.48. The summed E-state index contributed by atoms with van der Waals surface area (Å²) in [6.45, 7) is 3.84. The van der Waals surface area contributed by atoms with Crippen LogP contribution in [0, 0.1) is 0 Å². The van der Waals surface area contributed by atoms with Gasteiger partial charge >= 0.3 is 10.2 Å². The van der Waals surface area contributed by atoms with E-state index in [-0.39, 0.29) is 11.7 Å². The number of fused-ring (bicyclic) bond motifs is 1. The van der Waals surface area contributed by atoms with Gasteiger partial charge in [0.25, 0.3) is 5.91 Å². The van der Waals surface area contributed by atoms with Crippen molar-refractivity contribution in [3.63, 3.8) is 0 Å². The Morgan fingerprint density at radius 1 is 1.00 bits per heavy atom. The molecular formula is C29H40N8O3S. The summed E-state index contributed by atoms with van der Waals surface area (Å²) < 4.78 is 30.2. The maximum atomic E-state index is 13.3. The van der Waals surface area contributed by atoms with Crippen LogP contribution in [0.4, 0.5) is 5.82 Å². The topological polar surface area (TPSA) is 117 Å². The van der Waals surface area contributed by atoms with Gasteiger partial charge in [-0.25, -0.2) is 19.4 Å². The number of amides is 1. The van der Waals surface area contributed by atoms with Crippen LogP contribution in [0.15, 0.2) is 24.4 Å². The quantitative estimate of drug-likeness (QED) is 0.451. The molecule has 0 atom stereocenters. The Morgan fingerprint density at radius 3 is 2.34 bits per heavy atom. The molecule has 4 heterocycles. The number of rotatable bonds is 7. The molecule has 0 bridgehead atoms. The van der Waals surface area contributed by atoms with Crippen LogP contribution >= 0.6 is 0 Å². The summed E-state index contributed by atoms with van der Waals surface area (Å²) in [7, 11) is 0.917. The summed E-state index contributed by atoms with van der Waals surface area (Å²) in [6, 6.07) is 6.01. The molecule has 2 aliphatic carbocycles. The predicted molar refractivity (Wildman–Crippen MR) is 159 cm³/mol. The second kappa shape index (κ2) is 11.3.